The highest BCUT2D eigenvalue weighted by Gasteiger charge is 2.11. The van der Waals surface area contributed by atoms with Gasteiger partial charge in [-0.3, -0.25) is 0 Å². The minimum atomic E-state index is 0.848. The van der Waals surface area contributed by atoms with E-state index in [4.69, 9.17) is 4.52 Å². The maximum absolute atomic E-state index is 5.61. The van der Waals surface area contributed by atoms with Gasteiger partial charge >= 0.3 is 0 Å². The zero-order chi connectivity index (χ0) is 18.2. The van der Waals surface area contributed by atoms with Crippen molar-refractivity contribution in [1.82, 2.24) is 5.16 Å². The molecule has 0 saturated carbocycles. The Balaban J connectivity index is 1.63. The van der Waals surface area contributed by atoms with Crippen LogP contribution in [0.2, 0.25) is 0 Å². The second kappa shape index (κ2) is 9.72. The maximum Gasteiger partial charge on any atom is 0.167 e. The number of aromatic nitrogens is 1. The smallest absolute Gasteiger partial charge is 0.167 e. The predicted molar refractivity (Wildman–Crippen MR) is 112 cm³/mol. The van der Waals surface area contributed by atoms with E-state index in [9.17, 15) is 0 Å². The summed E-state index contributed by atoms with van der Waals surface area (Å²) in [5.74, 6) is 0.848. The van der Waals surface area contributed by atoms with Crippen molar-refractivity contribution in [2.75, 3.05) is 0 Å². The molecule has 3 aromatic rings. The van der Waals surface area contributed by atoms with Gasteiger partial charge in [-0.15, -0.1) is 11.3 Å². The highest BCUT2D eigenvalue weighted by molar-refractivity contribution is 7.15. The minimum Gasteiger partial charge on any atom is -0.356 e. The third kappa shape index (κ3) is 5.07. The van der Waals surface area contributed by atoms with Gasteiger partial charge in [-0.1, -0.05) is 69.0 Å². The summed E-state index contributed by atoms with van der Waals surface area (Å²) in [7, 11) is 0. The number of hydrogen-bond donors (Lipinski definition) is 0. The normalized spacial score (nSPS) is 11.2. The molecule has 0 N–H and O–H groups in total. The van der Waals surface area contributed by atoms with Crippen LogP contribution in [-0.2, 0) is 12.8 Å². The zero-order valence-corrected chi connectivity index (χ0v) is 16.8. The van der Waals surface area contributed by atoms with E-state index in [-0.39, 0.29) is 0 Å². The van der Waals surface area contributed by atoms with Crippen molar-refractivity contribution in [2.24, 2.45) is 0 Å². The Morgan fingerprint density at radius 2 is 1.65 bits per heavy atom. The summed E-state index contributed by atoms with van der Waals surface area (Å²) in [6.07, 6.45) is 10.0. The average Bonchev–Trinajstić information content (AvgIpc) is 3.33. The first kappa shape index (κ1) is 18.9. The molecule has 0 aliphatic heterocycles. The van der Waals surface area contributed by atoms with Crippen molar-refractivity contribution in [3.63, 3.8) is 0 Å². The lowest BCUT2D eigenvalue weighted by Gasteiger charge is -2.02. The molecule has 0 fully saturated rings. The highest BCUT2D eigenvalue weighted by atomic mass is 32.1. The van der Waals surface area contributed by atoms with Crippen LogP contribution in [0.3, 0.4) is 0 Å². The third-order valence-electron chi connectivity index (χ3n) is 4.76. The summed E-state index contributed by atoms with van der Waals surface area (Å²) in [6, 6.07) is 15.2. The van der Waals surface area contributed by atoms with E-state index >= 15 is 0 Å². The minimum absolute atomic E-state index is 0.848. The molecule has 0 aliphatic carbocycles. The number of unbranched alkanes of at least 4 members (excludes halogenated alkanes) is 4. The van der Waals surface area contributed by atoms with Crippen molar-refractivity contribution in [3.8, 4) is 21.9 Å². The molecule has 0 saturated heterocycles. The molecule has 0 spiro atoms. The summed E-state index contributed by atoms with van der Waals surface area (Å²) < 4.78 is 5.61. The summed E-state index contributed by atoms with van der Waals surface area (Å²) in [6.45, 7) is 4.48. The summed E-state index contributed by atoms with van der Waals surface area (Å²) in [5.41, 5.74) is 3.45. The third-order valence-corrected chi connectivity index (χ3v) is 5.93. The lowest BCUT2D eigenvalue weighted by atomic mass is 10.0. The maximum atomic E-state index is 5.61. The van der Waals surface area contributed by atoms with Gasteiger partial charge in [0.05, 0.1) is 4.88 Å². The van der Waals surface area contributed by atoms with Crippen molar-refractivity contribution >= 4 is 11.3 Å². The summed E-state index contributed by atoms with van der Waals surface area (Å²) in [5, 5.41) is 4.28. The van der Waals surface area contributed by atoms with Crippen LogP contribution in [0.1, 0.15) is 62.8 Å². The Kier molecular flexibility index (Phi) is 7.07. The van der Waals surface area contributed by atoms with Crippen LogP contribution in [0.15, 0.2) is 47.0 Å². The van der Waals surface area contributed by atoms with E-state index in [1.54, 1.807) is 0 Å². The highest BCUT2D eigenvalue weighted by Crippen LogP contribution is 2.31. The fourth-order valence-corrected chi connectivity index (χ4v) is 4.12. The number of aryl methyl sites for hydroxylation is 2. The van der Waals surface area contributed by atoms with E-state index < -0.39 is 0 Å². The molecule has 0 bridgehead atoms. The van der Waals surface area contributed by atoms with Crippen LogP contribution >= 0.6 is 11.3 Å². The van der Waals surface area contributed by atoms with Crippen LogP contribution in [0.25, 0.3) is 21.9 Å². The lowest BCUT2D eigenvalue weighted by molar-refractivity contribution is 0.435. The van der Waals surface area contributed by atoms with Crippen LogP contribution in [0.5, 0.6) is 0 Å². The zero-order valence-electron chi connectivity index (χ0n) is 16.0. The molecule has 0 atom stereocenters. The first-order chi connectivity index (χ1) is 12.8. The van der Waals surface area contributed by atoms with Crippen molar-refractivity contribution in [3.05, 3.63) is 52.9 Å². The van der Waals surface area contributed by atoms with Gasteiger partial charge in [-0.05, 0) is 43.4 Å². The SMILES string of the molecule is CCCCCCc1ccc(-c2cc(-c3ccc(CCCC)s3)no2)cc1. The number of hydrogen-bond acceptors (Lipinski definition) is 3. The van der Waals surface area contributed by atoms with Crippen molar-refractivity contribution < 1.29 is 4.52 Å². The molecule has 0 radical (unpaired) electrons. The number of benzene rings is 1. The van der Waals surface area contributed by atoms with Gasteiger partial charge < -0.3 is 4.52 Å². The van der Waals surface area contributed by atoms with E-state index in [0.717, 1.165) is 29.9 Å². The molecule has 26 heavy (non-hydrogen) atoms. The van der Waals surface area contributed by atoms with Gasteiger partial charge in [0.25, 0.3) is 0 Å². The molecule has 0 unspecified atom stereocenters. The molecule has 138 valence electrons. The van der Waals surface area contributed by atoms with E-state index in [0.29, 0.717) is 0 Å². The molecule has 1 aromatic carbocycles. The van der Waals surface area contributed by atoms with Gasteiger partial charge in [-0.25, -0.2) is 0 Å². The molecule has 3 rings (SSSR count). The molecule has 2 aromatic heterocycles. The summed E-state index contributed by atoms with van der Waals surface area (Å²) >= 11 is 1.83. The lowest BCUT2D eigenvalue weighted by Crippen LogP contribution is -1.86. The van der Waals surface area contributed by atoms with Crippen LogP contribution < -0.4 is 0 Å². The molecule has 2 nitrogen and oxygen atoms in total. The van der Waals surface area contributed by atoms with E-state index in [1.165, 1.54) is 53.8 Å². The van der Waals surface area contributed by atoms with Gasteiger partial charge in [0.15, 0.2) is 5.76 Å². The second-order valence-electron chi connectivity index (χ2n) is 6.95. The standard InChI is InChI=1S/C23H29NOS/c1-3-5-7-8-9-18-11-13-19(14-12-18)22-17-21(24-25-22)23-16-15-20(26-23)10-6-4-2/h11-17H,3-10H2,1-2H3. The first-order valence-electron chi connectivity index (χ1n) is 9.95. The van der Waals surface area contributed by atoms with Gasteiger partial charge in [0, 0.05) is 16.5 Å². The molecule has 2 heterocycles. The Labute approximate surface area is 161 Å². The quantitative estimate of drug-likeness (QED) is 0.346. The molecule has 3 heteroatoms. The van der Waals surface area contributed by atoms with Crippen LogP contribution in [0, 0.1) is 0 Å². The van der Waals surface area contributed by atoms with Crippen LogP contribution in [0.4, 0.5) is 0 Å². The Bertz CT molecular complexity index is 785. The van der Waals surface area contributed by atoms with E-state index in [1.807, 2.05) is 11.3 Å². The first-order valence-corrected chi connectivity index (χ1v) is 10.8. The predicted octanol–water partition coefficient (Wildman–Crippen LogP) is 7.54. The van der Waals surface area contributed by atoms with Gasteiger partial charge in [0.1, 0.15) is 5.69 Å². The van der Waals surface area contributed by atoms with Crippen molar-refractivity contribution in [1.29, 1.82) is 0 Å². The number of thiophene rings is 1. The van der Waals surface area contributed by atoms with Gasteiger partial charge in [0.2, 0.25) is 0 Å². The summed E-state index contributed by atoms with van der Waals surface area (Å²) in [4.78, 5) is 2.62. The number of nitrogens with zero attached hydrogens (tertiary/aromatic N) is 1. The second-order valence-corrected chi connectivity index (χ2v) is 8.12. The molecular weight excluding hydrogens is 338 g/mol. The largest absolute Gasteiger partial charge is 0.356 e. The monoisotopic (exact) mass is 367 g/mol. The fourth-order valence-electron chi connectivity index (χ4n) is 3.12. The topological polar surface area (TPSA) is 26.0 Å². The van der Waals surface area contributed by atoms with Crippen molar-refractivity contribution in [2.45, 2.75) is 65.2 Å². The van der Waals surface area contributed by atoms with E-state index in [2.05, 4.69) is 61.5 Å². The average molecular weight is 368 g/mol. The Hall–Kier alpha value is -1.87. The molecule has 0 aliphatic rings. The fraction of sp³-hybridized carbons (Fsp3) is 0.435. The van der Waals surface area contributed by atoms with Crippen LogP contribution in [-0.4, -0.2) is 5.16 Å². The Morgan fingerprint density at radius 1 is 0.846 bits per heavy atom. The molecular formula is C23H29NOS. The number of rotatable bonds is 10. The molecule has 0 amide bonds. The Morgan fingerprint density at radius 3 is 2.42 bits per heavy atom. The van der Waals surface area contributed by atoms with Gasteiger partial charge in [-0.2, -0.15) is 0 Å².